The van der Waals surface area contributed by atoms with E-state index in [4.69, 9.17) is 0 Å². The van der Waals surface area contributed by atoms with Gasteiger partial charge < -0.3 is 9.80 Å². The van der Waals surface area contributed by atoms with Crippen LogP contribution in [-0.4, -0.2) is 4.98 Å². The molecule has 0 saturated carbocycles. The molecule has 0 aliphatic carbocycles. The summed E-state index contributed by atoms with van der Waals surface area (Å²) in [6.07, 6.45) is 3.71. The lowest BCUT2D eigenvalue weighted by atomic mass is 9.84. The second-order valence-corrected chi connectivity index (χ2v) is 31.1. The van der Waals surface area contributed by atoms with Crippen LogP contribution in [0.4, 0.5) is 34.1 Å². The third-order valence-electron chi connectivity index (χ3n) is 24.1. The van der Waals surface area contributed by atoms with E-state index in [-0.39, 0.29) is 0 Å². The van der Waals surface area contributed by atoms with Gasteiger partial charge in [-0.05, 0) is 255 Å². The van der Waals surface area contributed by atoms with Gasteiger partial charge in [-0.1, -0.05) is 376 Å². The van der Waals surface area contributed by atoms with Crippen LogP contribution < -0.4 is 9.80 Å². The minimum Gasteiger partial charge on any atom is -0.311 e. The normalized spacial score (nSPS) is 11.3. The van der Waals surface area contributed by atoms with Crippen LogP contribution in [-0.2, 0) is 0 Å². The Morgan fingerprint density at radius 2 is 0.443 bits per heavy atom. The highest BCUT2D eigenvalue weighted by atomic mass is 15.1. The first-order valence-electron chi connectivity index (χ1n) is 41.6. The molecule has 21 aromatic carbocycles. The van der Waals surface area contributed by atoms with Gasteiger partial charge in [0.15, 0.2) is 0 Å². The molecule has 0 atom stereocenters. The molecule has 0 amide bonds. The molecule has 4 nitrogen and oxygen atoms in total. The number of nitrogens with zero attached hydrogens (tertiary/aromatic N) is 4. The lowest BCUT2D eigenvalue weighted by Crippen LogP contribution is -2.10. The maximum Gasteiger partial charge on any atom is 0.0991 e. The van der Waals surface area contributed by atoms with Crippen molar-refractivity contribution in [2.24, 2.45) is 0 Å². The van der Waals surface area contributed by atoms with Crippen LogP contribution in [0, 0.1) is 11.3 Å². The lowest BCUT2D eigenvalue weighted by molar-refractivity contribution is 1.28. The molecule has 0 aliphatic rings. The molecule has 0 radical (unpaired) electrons. The molecule has 122 heavy (non-hydrogen) atoms. The summed E-state index contributed by atoms with van der Waals surface area (Å²) in [5, 5.41) is 27.0. The van der Waals surface area contributed by atoms with Crippen molar-refractivity contribution >= 4 is 110 Å². The van der Waals surface area contributed by atoms with E-state index in [2.05, 4.69) is 452 Å². The predicted octanol–water partition coefficient (Wildman–Crippen LogP) is 32.7. The van der Waals surface area contributed by atoms with E-state index in [9.17, 15) is 5.26 Å². The molecule has 4 heteroatoms. The Kier molecular flexibility index (Phi) is 19.4. The van der Waals surface area contributed by atoms with Gasteiger partial charge in [0.1, 0.15) is 0 Å². The number of nitriles is 1. The van der Waals surface area contributed by atoms with Gasteiger partial charge in [-0.15, -0.1) is 0 Å². The molecule has 1 heterocycles. The minimum absolute atomic E-state index is 0.640. The molecule has 1 aromatic heterocycles. The second-order valence-electron chi connectivity index (χ2n) is 31.1. The standard InChI is InChI=1S/C59H38N2.C59H40N2/c60-39-40-23-35-48(36-24-40)61(57-22-10-14-46-12-2-4-16-51(46)57)49-37-33-44(34-38-49)42-27-25-41(26-28-42)43-29-31-47(32-30-43)58-53-17-5-7-19-55(53)59(56-20-8-6-18-54(56)58)52-21-9-13-45-11-1-3-15-50(45)52;1-2-15-49(16-3-1)61(51-37-33-45(34-38-51)48-14-11-39-60-40-48)50-35-31-44(32-36-50)42-25-23-41(24-26-42)43-27-29-47(30-28-43)58-54-18-6-8-20-56(54)59(57-21-9-7-19-55(57)58)53-22-10-13-46-12-4-5-17-52(46)53/h1-38H;1-40H. The number of fused-ring (bicyclic) bond motifs is 7. The molecular formula is C118H78N4. The fourth-order valence-electron chi connectivity index (χ4n) is 18.2. The maximum absolute atomic E-state index is 9.48. The highest BCUT2D eigenvalue weighted by Gasteiger charge is 2.23. The van der Waals surface area contributed by atoms with E-state index < -0.39 is 0 Å². The van der Waals surface area contributed by atoms with Gasteiger partial charge >= 0.3 is 0 Å². The van der Waals surface area contributed by atoms with Gasteiger partial charge in [0.05, 0.1) is 17.3 Å². The number of benzene rings is 21. The van der Waals surface area contributed by atoms with Crippen molar-refractivity contribution in [3.8, 4) is 106 Å². The zero-order valence-electron chi connectivity index (χ0n) is 66.8. The van der Waals surface area contributed by atoms with Crippen LogP contribution in [0.15, 0.2) is 473 Å². The Morgan fingerprint density at radius 3 is 0.795 bits per heavy atom. The Morgan fingerprint density at radius 1 is 0.180 bits per heavy atom. The monoisotopic (exact) mass is 1550 g/mol. The van der Waals surface area contributed by atoms with Gasteiger partial charge in [0.25, 0.3) is 0 Å². The highest BCUT2D eigenvalue weighted by molar-refractivity contribution is 6.25. The average molecular weight is 1550 g/mol. The van der Waals surface area contributed by atoms with Crippen LogP contribution in [0.25, 0.3) is 176 Å². The van der Waals surface area contributed by atoms with E-state index in [1.807, 2.05) is 42.7 Å². The molecular weight excluding hydrogens is 1470 g/mol. The number of rotatable bonds is 15. The SMILES string of the molecule is N#Cc1ccc(N(c2ccc(-c3ccc(-c4ccc(-c5c6ccccc6c(-c6cccc7ccccc67)c6ccccc56)cc4)cc3)cc2)c2cccc3ccccc23)cc1.c1ccc(N(c2ccc(-c3ccc(-c4ccc(-c5c6ccccc6c(-c6cccc7ccccc67)c6ccccc56)cc4)cc3)cc2)c2ccc(-c3cccnc3)cc2)cc1. The summed E-state index contributed by atoms with van der Waals surface area (Å²) in [5.41, 5.74) is 28.8. The van der Waals surface area contributed by atoms with E-state index in [0.29, 0.717) is 5.56 Å². The average Bonchev–Trinajstić information content (AvgIpc) is 0.731. The first kappa shape index (κ1) is 73.3. The number of hydrogen-bond acceptors (Lipinski definition) is 4. The van der Waals surface area contributed by atoms with Gasteiger partial charge in [-0.25, -0.2) is 0 Å². The van der Waals surface area contributed by atoms with Crippen molar-refractivity contribution in [3.63, 3.8) is 0 Å². The number of para-hydroxylation sites is 1. The Balaban J connectivity index is 0.000000150. The van der Waals surface area contributed by atoms with E-state index in [1.54, 1.807) is 0 Å². The number of pyridine rings is 1. The highest BCUT2D eigenvalue weighted by Crippen LogP contribution is 2.49. The molecule has 0 aliphatic heterocycles. The lowest BCUT2D eigenvalue weighted by Gasteiger charge is -2.27. The molecule has 570 valence electrons. The second kappa shape index (κ2) is 32.3. The molecule has 0 saturated heterocycles. The van der Waals surface area contributed by atoms with Crippen LogP contribution in [0.1, 0.15) is 5.56 Å². The van der Waals surface area contributed by atoms with E-state index in [1.165, 1.54) is 153 Å². The van der Waals surface area contributed by atoms with E-state index in [0.717, 1.165) is 56.4 Å². The fraction of sp³-hybridized carbons (Fsp3) is 0. The largest absolute Gasteiger partial charge is 0.311 e. The van der Waals surface area contributed by atoms with Crippen LogP contribution in [0.3, 0.4) is 0 Å². The maximum atomic E-state index is 9.48. The summed E-state index contributed by atoms with van der Waals surface area (Å²) in [4.78, 5) is 8.87. The number of aromatic nitrogens is 1. The summed E-state index contributed by atoms with van der Waals surface area (Å²) in [6, 6.07) is 168. The van der Waals surface area contributed by atoms with Crippen molar-refractivity contribution in [1.29, 1.82) is 5.26 Å². The molecule has 0 fully saturated rings. The summed E-state index contributed by atoms with van der Waals surface area (Å²) in [7, 11) is 0. The zero-order valence-corrected chi connectivity index (χ0v) is 66.8. The van der Waals surface area contributed by atoms with Gasteiger partial charge in [0.2, 0.25) is 0 Å². The van der Waals surface area contributed by atoms with Crippen LogP contribution >= 0.6 is 0 Å². The fourth-order valence-corrected chi connectivity index (χ4v) is 18.2. The quantitative estimate of drug-likeness (QED) is 0.0960. The van der Waals surface area contributed by atoms with Crippen molar-refractivity contribution < 1.29 is 0 Å². The summed E-state index contributed by atoms with van der Waals surface area (Å²) >= 11 is 0. The Bertz CT molecular complexity index is 7540. The zero-order chi connectivity index (χ0) is 81.2. The van der Waals surface area contributed by atoms with Crippen LogP contribution in [0.2, 0.25) is 0 Å². The van der Waals surface area contributed by atoms with Crippen molar-refractivity contribution in [2.45, 2.75) is 0 Å². The topological polar surface area (TPSA) is 43.2 Å². The molecule has 0 unspecified atom stereocenters. The van der Waals surface area contributed by atoms with Crippen molar-refractivity contribution in [1.82, 2.24) is 4.98 Å². The first-order valence-corrected chi connectivity index (χ1v) is 41.6. The molecule has 0 bridgehead atoms. The summed E-state index contributed by atoms with van der Waals surface area (Å²) in [5.74, 6) is 0. The Hall–Kier alpha value is -16.3. The van der Waals surface area contributed by atoms with Crippen molar-refractivity contribution in [3.05, 3.63) is 479 Å². The van der Waals surface area contributed by atoms with E-state index >= 15 is 0 Å². The van der Waals surface area contributed by atoms with Gasteiger partial charge in [-0.3, -0.25) is 4.98 Å². The number of anilines is 6. The molecule has 0 spiro atoms. The molecule has 22 rings (SSSR count). The summed E-state index contributed by atoms with van der Waals surface area (Å²) in [6.45, 7) is 0. The predicted molar refractivity (Wildman–Crippen MR) is 516 cm³/mol. The number of hydrogen-bond donors (Lipinski definition) is 0. The molecule has 0 N–H and O–H groups in total. The Labute approximate surface area is 710 Å². The third kappa shape index (κ3) is 13.9. The van der Waals surface area contributed by atoms with Gasteiger partial charge in [-0.2, -0.15) is 5.26 Å². The molecule has 22 aromatic rings. The summed E-state index contributed by atoms with van der Waals surface area (Å²) < 4.78 is 0. The minimum atomic E-state index is 0.640. The smallest absolute Gasteiger partial charge is 0.0991 e. The van der Waals surface area contributed by atoms with Crippen LogP contribution in [0.5, 0.6) is 0 Å². The van der Waals surface area contributed by atoms with Gasteiger partial charge in [0, 0.05) is 46.2 Å². The third-order valence-corrected chi connectivity index (χ3v) is 24.1. The first-order chi connectivity index (χ1) is 60.5. The van der Waals surface area contributed by atoms with Crippen molar-refractivity contribution in [2.75, 3.05) is 9.80 Å².